The second-order valence-electron chi connectivity index (χ2n) is 8.23. The molecular weight excluding hydrogens is 469 g/mol. The summed E-state index contributed by atoms with van der Waals surface area (Å²) in [4.78, 5) is 30.5. The molecule has 0 fully saturated rings. The first-order valence-electron chi connectivity index (χ1n) is 10.2. The number of aromatic nitrogens is 1. The van der Waals surface area contributed by atoms with Gasteiger partial charge in [-0.05, 0) is 50.6 Å². The molecule has 1 N–H and O–H groups in total. The summed E-state index contributed by atoms with van der Waals surface area (Å²) < 4.78 is 43.9. The van der Waals surface area contributed by atoms with Gasteiger partial charge in [0.1, 0.15) is 15.6 Å². The monoisotopic (exact) mass is 492 g/mol. The molecule has 1 heterocycles. The number of rotatable bonds is 7. The number of benzene rings is 2. The Bertz CT molecular complexity index is 1190. The van der Waals surface area contributed by atoms with Crippen molar-refractivity contribution in [3.05, 3.63) is 70.2 Å². The Balaban J connectivity index is 1.70. The van der Waals surface area contributed by atoms with E-state index in [2.05, 4.69) is 4.98 Å². The summed E-state index contributed by atoms with van der Waals surface area (Å²) in [7, 11) is 1.64. The third kappa shape index (κ3) is 5.74. The van der Waals surface area contributed by atoms with Gasteiger partial charge in [-0.15, -0.1) is 11.3 Å². The number of carbonyl (C=O) groups excluding carboxylic acids is 1. The molecule has 3 aromatic rings. The Morgan fingerprint density at radius 1 is 1.06 bits per heavy atom. The largest absolute Gasteiger partial charge is 0.478 e. The number of carboxylic acids is 1. The van der Waals surface area contributed by atoms with Crippen LogP contribution in [0.5, 0.6) is 5.75 Å². The smallest absolute Gasteiger partial charge is 0.416 e. The van der Waals surface area contributed by atoms with Gasteiger partial charge in [0, 0.05) is 19.2 Å². The van der Waals surface area contributed by atoms with Crippen LogP contribution in [-0.2, 0) is 17.5 Å². The van der Waals surface area contributed by atoms with Gasteiger partial charge in [-0.3, -0.25) is 4.79 Å². The van der Waals surface area contributed by atoms with E-state index in [0.29, 0.717) is 26.9 Å². The van der Waals surface area contributed by atoms with E-state index in [1.54, 1.807) is 38.2 Å². The van der Waals surface area contributed by atoms with E-state index in [-0.39, 0.29) is 12.5 Å². The van der Waals surface area contributed by atoms with Crippen molar-refractivity contribution in [1.82, 2.24) is 9.88 Å². The lowest BCUT2D eigenvalue weighted by molar-refractivity contribution is -0.152. The van der Waals surface area contributed by atoms with E-state index in [0.717, 1.165) is 29.0 Å². The Hall–Kier alpha value is -3.40. The van der Waals surface area contributed by atoms with Gasteiger partial charge >= 0.3 is 12.1 Å². The molecule has 0 saturated heterocycles. The minimum absolute atomic E-state index is 0.263. The van der Waals surface area contributed by atoms with Crippen LogP contribution >= 0.6 is 11.3 Å². The highest BCUT2D eigenvalue weighted by Gasteiger charge is 2.31. The van der Waals surface area contributed by atoms with Crippen molar-refractivity contribution in [2.75, 3.05) is 7.05 Å². The average Bonchev–Trinajstić information content (AvgIpc) is 3.15. The van der Waals surface area contributed by atoms with Gasteiger partial charge in [0.15, 0.2) is 5.60 Å². The maximum atomic E-state index is 13.0. The summed E-state index contributed by atoms with van der Waals surface area (Å²) in [6, 6.07) is 11.4. The maximum Gasteiger partial charge on any atom is 0.416 e. The minimum Gasteiger partial charge on any atom is -0.478 e. The van der Waals surface area contributed by atoms with E-state index in [9.17, 15) is 22.8 Å². The van der Waals surface area contributed by atoms with Crippen LogP contribution in [0.25, 0.3) is 10.6 Å². The second-order valence-corrected chi connectivity index (χ2v) is 9.23. The third-order valence-electron chi connectivity index (χ3n) is 5.03. The molecule has 0 aliphatic heterocycles. The van der Waals surface area contributed by atoms with Crippen molar-refractivity contribution in [2.45, 2.75) is 39.1 Å². The number of alkyl halides is 3. The van der Waals surface area contributed by atoms with Crippen molar-refractivity contribution >= 4 is 23.2 Å². The molecule has 2 aromatic carbocycles. The molecule has 3 rings (SSSR count). The summed E-state index contributed by atoms with van der Waals surface area (Å²) in [6.45, 7) is 4.87. The van der Waals surface area contributed by atoms with Gasteiger partial charge in [0.2, 0.25) is 0 Å². The number of amides is 1. The Morgan fingerprint density at radius 3 is 2.18 bits per heavy atom. The summed E-state index contributed by atoms with van der Waals surface area (Å²) in [5.74, 6) is -0.956. The number of aliphatic carboxylic acids is 1. The molecule has 6 nitrogen and oxygen atoms in total. The number of carboxylic acid groups (broad SMARTS) is 1. The number of thiazole rings is 1. The van der Waals surface area contributed by atoms with Crippen LogP contribution in [0.2, 0.25) is 0 Å². The molecule has 0 aliphatic rings. The third-order valence-corrected chi connectivity index (χ3v) is 6.22. The van der Waals surface area contributed by atoms with Crippen molar-refractivity contribution in [2.24, 2.45) is 0 Å². The first-order valence-corrected chi connectivity index (χ1v) is 11.0. The number of hydrogen-bond donors (Lipinski definition) is 1. The Morgan fingerprint density at radius 2 is 1.65 bits per heavy atom. The molecule has 0 saturated carbocycles. The highest BCUT2D eigenvalue weighted by Crippen LogP contribution is 2.33. The van der Waals surface area contributed by atoms with Crippen molar-refractivity contribution in [1.29, 1.82) is 0 Å². The van der Waals surface area contributed by atoms with Crippen LogP contribution in [0, 0.1) is 6.92 Å². The van der Waals surface area contributed by atoms with E-state index >= 15 is 0 Å². The zero-order chi connectivity index (χ0) is 25.3. The first kappa shape index (κ1) is 25.2. The lowest BCUT2D eigenvalue weighted by atomic mass is 10.1. The number of carbonyl (C=O) groups is 2. The lowest BCUT2D eigenvalue weighted by Crippen LogP contribution is -2.37. The molecule has 1 amide bonds. The molecule has 180 valence electrons. The molecule has 0 bridgehead atoms. The number of halogens is 3. The van der Waals surface area contributed by atoms with Gasteiger partial charge in [-0.2, -0.15) is 13.2 Å². The van der Waals surface area contributed by atoms with Gasteiger partial charge in [0.05, 0.1) is 11.3 Å². The van der Waals surface area contributed by atoms with Crippen LogP contribution in [0.3, 0.4) is 0 Å². The molecule has 0 spiro atoms. The molecule has 0 radical (unpaired) electrons. The second kappa shape index (κ2) is 9.46. The molecule has 10 heteroatoms. The van der Waals surface area contributed by atoms with Gasteiger partial charge < -0.3 is 14.7 Å². The highest BCUT2D eigenvalue weighted by atomic mass is 32.1. The minimum atomic E-state index is -4.42. The molecule has 0 aliphatic carbocycles. The lowest BCUT2D eigenvalue weighted by Gasteiger charge is -2.22. The SMILES string of the molecule is Cc1nc(-c2ccc(C(F)(F)F)cc2)sc1C(=O)N(C)Cc1ccc(OC(C)(C)C(=O)O)cc1. The van der Waals surface area contributed by atoms with E-state index in [4.69, 9.17) is 9.84 Å². The highest BCUT2D eigenvalue weighted by molar-refractivity contribution is 7.17. The van der Waals surface area contributed by atoms with Crippen molar-refractivity contribution in [3.8, 4) is 16.3 Å². The fourth-order valence-corrected chi connectivity index (χ4v) is 4.11. The number of aryl methyl sites for hydroxylation is 1. The Kier molecular flexibility index (Phi) is 7.02. The summed E-state index contributed by atoms with van der Waals surface area (Å²) in [6.07, 6.45) is -4.42. The molecule has 0 atom stereocenters. The first-order chi connectivity index (χ1) is 15.8. The van der Waals surface area contributed by atoms with Crippen molar-refractivity contribution in [3.63, 3.8) is 0 Å². The number of hydrogen-bond acceptors (Lipinski definition) is 5. The van der Waals surface area contributed by atoms with E-state index < -0.39 is 23.3 Å². The fourth-order valence-electron chi connectivity index (χ4n) is 3.04. The molecular formula is C24H23F3N2O4S. The zero-order valence-electron chi connectivity index (χ0n) is 18.9. The maximum absolute atomic E-state index is 13.0. The normalized spacial score (nSPS) is 11.9. The predicted octanol–water partition coefficient (Wildman–Crippen LogP) is 5.65. The standard InChI is InChI=1S/C24H23F3N2O4S/c1-14-19(34-20(28-14)16-7-9-17(10-8-16)24(25,26)27)21(30)29(4)13-15-5-11-18(12-6-15)33-23(2,3)22(31)32/h5-12H,13H2,1-4H3,(H,31,32). The fraction of sp³-hybridized carbons (Fsp3) is 0.292. The van der Waals surface area contributed by atoms with E-state index in [1.807, 2.05) is 0 Å². The van der Waals surface area contributed by atoms with Crippen molar-refractivity contribution < 1.29 is 32.6 Å². The van der Waals surface area contributed by atoms with Crippen LogP contribution in [0.1, 0.15) is 40.3 Å². The Labute approximate surface area is 198 Å². The van der Waals surface area contributed by atoms with Gasteiger partial charge in [0.25, 0.3) is 5.91 Å². The van der Waals surface area contributed by atoms with Gasteiger partial charge in [-0.1, -0.05) is 24.3 Å². The summed E-state index contributed by atoms with van der Waals surface area (Å²) in [5.41, 5.74) is -0.313. The number of nitrogens with zero attached hydrogens (tertiary/aromatic N) is 2. The quantitative estimate of drug-likeness (QED) is 0.461. The van der Waals surface area contributed by atoms with E-state index in [1.165, 1.54) is 30.9 Å². The predicted molar refractivity (Wildman–Crippen MR) is 122 cm³/mol. The molecule has 34 heavy (non-hydrogen) atoms. The molecule has 0 unspecified atom stereocenters. The average molecular weight is 493 g/mol. The van der Waals surface area contributed by atoms with Crippen LogP contribution in [-0.4, -0.2) is 39.5 Å². The summed E-state index contributed by atoms with van der Waals surface area (Å²) in [5, 5.41) is 9.63. The van der Waals surface area contributed by atoms with Crippen LogP contribution in [0.4, 0.5) is 13.2 Å². The van der Waals surface area contributed by atoms with Crippen LogP contribution < -0.4 is 4.74 Å². The molecule has 1 aromatic heterocycles. The zero-order valence-corrected chi connectivity index (χ0v) is 19.8. The topological polar surface area (TPSA) is 79.7 Å². The van der Waals surface area contributed by atoms with Crippen LogP contribution in [0.15, 0.2) is 48.5 Å². The summed E-state index contributed by atoms with van der Waals surface area (Å²) >= 11 is 1.13. The number of ether oxygens (including phenoxy) is 1. The van der Waals surface area contributed by atoms with Gasteiger partial charge in [-0.25, -0.2) is 9.78 Å².